The Morgan fingerprint density at radius 3 is 2.33 bits per heavy atom. The zero-order chi connectivity index (χ0) is 15.4. The summed E-state index contributed by atoms with van der Waals surface area (Å²) in [7, 11) is 0. The number of ether oxygens (including phenoxy) is 1. The van der Waals surface area contributed by atoms with Gasteiger partial charge >= 0.3 is 6.61 Å². The normalized spacial score (nSPS) is 12.3. The molecule has 0 saturated carbocycles. The molecule has 2 nitrogen and oxygen atoms in total. The molecule has 0 bridgehead atoms. The Balaban J connectivity index is 2.14. The maximum atomic E-state index is 12.2. The summed E-state index contributed by atoms with van der Waals surface area (Å²) in [4.78, 5) is 0. The number of halogens is 4. The van der Waals surface area contributed by atoms with Gasteiger partial charge in [0, 0.05) is 21.8 Å². The van der Waals surface area contributed by atoms with Gasteiger partial charge in [0.15, 0.2) is 0 Å². The van der Waals surface area contributed by atoms with Crippen molar-refractivity contribution in [2.24, 2.45) is 0 Å². The van der Waals surface area contributed by atoms with E-state index in [1.807, 2.05) is 13.0 Å². The van der Waals surface area contributed by atoms with Crippen LogP contribution in [0.5, 0.6) is 5.75 Å². The van der Waals surface area contributed by atoms with E-state index >= 15 is 0 Å². The Morgan fingerprint density at radius 2 is 1.71 bits per heavy atom. The second-order valence-corrected chi connectivity index (χ2v) is 5.35. The third kappa shape index (κ3) is 4.76. The molecule has 0 heterocycles. The Morgan fingerprint density at radius 1 is 1.05 bits per heavy atom. The van der Waals surface area contributed by atoms with Crippen LogP contribution in [0.15, 0.2) is 42.5 Å². The second kappa shape index (κ2) is 6.96. The van der Waals surface area contributed by atoms with Crippen molar-refractivity contribution in [3.63, 3.8) is 0 Å². The summed E-state index contributed by atoms with van der Waals surface area (Å²) in [6.07, 6.45) is 0. The summed E-state index contributed by atoms with van der Waals surface area (Å²) in [5, 5.41) is 4.25. The molecular formula is C15H13Cl2F2NO. The van der Waals surface area contributed by atoms with E-state index in [0.29, 0.717) is 10.0 Å². The maximum Gasteiger partial charge on any atom is 0.387 e. The standard InChI is InChI=1S/C15H13Cl2F2NO/c1-9(20-13-7-11(16)6-12(17)8-13)10-3-2-4-14(5-10)21-15(18)19/h2-9,15,20H,1H3. The van der Waals surface area contributed by atoms with E-state index in [2.05, 4.69) is 10.1 Å². The summed E-state index contributed by atoms with van der Waals surface area (Å²) in [6.45, 7) is -0.939. The molecular weight excluding hydrogens is 319 g/mol. The minimum Gasteiger partial charge on any atom is -0.435 e. The maximum absolute atomic E-state index is 12.2. The third-order valence-electron chi connectivity index (χ3n) is 2.83. The highest BCUT2D eigenvalue weighted by atomic mass is 35.5. The lowest BCUT2D eigenvalue weighted by Gasteiger charge is -2.17. The second-order valence-electron chi connectivity index (χ2n) is 4.48. The van der Waals surface area contributed by atoms with Gasteiger partial charge in [0.25, 0.3) is 0 Å². The lowest BCUT2D eigenvalue weighted by atomic mass is 10.1. The van der Waals surface area contributed by atoms with Gasteiger partial charge in [-0.05, 0) is 42.8 Å². The van der Waals surface area contributed by atoms with E-state index in [1.165, 1.54) is 6.07 Å². The fourth-order valence-corrected chi connectivity index (χ4v) is 2.46. The minimum absolute atomic E-state index is 0.124. The number of alkyl halides is 2. The van der Waals surface area contributed by atoms with E-state index in [-0.39, 0.29) is 11.8 Å². The van der Waals surface area contributed by atoms with Crippen molar-refractivity contribution in [2.75, 3.05) is 5.32 Å². The molecule has 0 aliphatic rings. The molecule has 0 radical (unpaired) electrons. The first-order chi connectivity index (χ1) is 9.94. The first-order valence-corrected chi connectivity index (χ1v) is 6.97. The van der Waals surface area contributed by atoms with Crippen LogP contribution in [0.4, 0.5) is 14.5 Å². The molecule has 21 heavy (non-hydrogen) atoms. The van der Waals surface area contributed by atoms with Crippen LogP contribution in [0.2, 0.25) is 10.0 Å². The summed E-state index contributed by atoms with van der Waals surface area (Å²) < 4.78 is 28.8. The Bertz CT molecular complexity index is 602. The number of rotatable bonds is 5. The monoisotopic (exact) mass is 331 g/mol. The fourth-order valence-electron chi connectivity index (χ4n) is 1.93. The van der Waals surface area contributed by atoms with Gasteiger partial charge in [-0.3, -0.25) is 0 Å². The average Bonchev–Trinajstić information content (AvgIpc) is 2.36. The molecule has 0 amide bonds. The summed E-state index contributed by atoms with van der Waals surface area (Å²) in [5.74, 6) is 0.125. The highest BCUT2D eigenvalue weighted by Crippen LogP contribution is 2.27. The molecule has 0 aliphatic heterocycles. The van der Waals surface area contributed by atoms with Gasteiger partial charge in [0.2, 0.25) is 0 Å². The van der Waals surface area contributed by atoms with Crippen molar-refractivity contribution in [3.8, 4) is 5.75 Å². The SMILES string of the molecule is CC(Nc1cc(Cl)cc(Cl)c1)c1cccc(OC(F)F)c1. The zero-order valence-corrected chi connectivity index (χ0v) is 12.6. The molecule has 2 rings (SSSR count). The van der Waals surface area contributed by atoms with Crippen molar-refractivity contribution >= 4 is 28.9 Å². The van der Waals surface area contributed by atoms with Crippen LogP contribution in [-0.2, 0) is 0 Å². The molecule has 112 valence electrons. The smallest absolute Gasteiger partial charge is 0.387 e. The van der Waals surface area contributed by atoms with E-state index in [0.717, 1.165) is 11.3 Å². The molecule has 1 N–H and O–H groups in total. The van der Waals surface area contributed by atoms with Crippen LogP contribution >= 0.6 is 23.2 Å². The van der Waals surface area contributed by atoms with E-state index in [1.54, 1.807) is 30.3 Å². The molecule has 6 heteroatoms. The van der Waals surface area contributed by atoms with Crippen molar-refractivity contribution in [3.05, 3.63) is 58.1 Å². The first kappa shape index (κ1) is 15.9. The van der Waals surface area contributed by atoms with Gasteiger partial charge in [0.05, 0.1) is 0 Å². The van der Waals surface area contributed by atoms with Crippen LogP contribution in [0.25, 0.3) is 0 Å². The van der Waals surface area contributed by atoms with Crippen LogP contribution in [0.1, 0.15) is 18.5 Å². The minimum atomic E-state index is -2.84. The Hall–Kier alpha value is -1.52. The number of hydrogen-bond donors (Lipinski definition) is 1. The number of nitrogens with one attached hydrogen (secondary N) is 1. The van der Waals surface area contributed by atoms with Gasteiger partial charge in [-0.25, -0.2) is 0 Å². The Labute approximate surface area is 131 Å². The van der Waals surface area contributed by atoms with Crippen LogP contribution in [0, 0.1) is 0 Å². The number of benzene rings is 2. The highest BCUT2D eigenvalue weighted by Gasteiger charge is 2.10. The molecule has 0 fully saturated rings. The van der Waals surface area contributed by atoms with Gasteiger partial charge in [0.1, 0.15) is 5.75 Å². The van der Waals surface area contributed by atoms with E-state index < -0.39 is 6.61 Å². The average molecular weight is 332 g/mol. The highest BCUT2D eigenvalue weighted by molar-refractivity contribution is 6.35. The number of hydrogen-bond acceptors (Lipinski definition) is 2. The Kier molecular flexibility index (Phi) is 5.26. The van der Waals surface area contributed by atoms with Gasteiger partial charge in [-0.2, -0.15) is 8.78 Å². The topological polar surface area (TPSA) is 21.3 Å². The molecule has 0 aliphatic carbocycles. The predicted molar refractivity (Wildman–Crippen MR) is 81.6 cm³/mol. The largest absolute Gasteiger partial charge is 0.435 e. The lowest BCUT2D eigenvalue weighted by molar-refractivity contribution is -0.0498. The summed E-state index contributed by atoms with van der Waals surface area (Å²) in [5.41, 5.74) is 1.56. The summed E-state index contributed by atoms with van der Waals surface area (Å²) in [6, 6.07) is 11.5. The molecule has 0 aromatic heterocycles. The van der Waals surface area contributed by atoms with Gasteiger partial charge < -0.3 is 10.1 Å². The molecule has 1 atom stereocenters. The molecule has 0 saturated heterocycles. The van der Waals surface area contributed by atoms with Gasteiger partial charge in [-0.1, -0.05) is 35.3 Å². The van der Waals surface area contributed by atoms with Crippen LogP contribution in [0.3, 0.4) is 0 Å². The van der Waals surface area contributed by atoms with Crippen LogP contribution < -0.4 is 10.1 Å². The van der Waals surface area contributed by atoms with Gasteiger partial charge in [-0.15, -0.1) is 0 Å². The summed E-state index contributed by atoms with van der Waals surface area (Å²) >= 11 is 11.9. The van der Waals surface area contributed by atoms with E-state index in [9.17, 15) is 8.78 Å². The molecule has 2 aromatic carbocycles. The molecule has 1 unspecified atom stereocenters. The van der Waals surface area contributed by atoms with Crippen molar-refractivity contribution in [1.82, 2.24) is 0 Å². The molecule has 0 spiro atoms. The first-order valence-electron chi connectivity index (χ1n) is 6.21. The zero-order valence-electron chi connectivity index (χ0n) is 11.1. The van der Waals surface area contributed by atoms with Crippen LogP contribution in [-0.4, -0.2) is 6.61 Å². The molecule has 2 aromatic rings. The fraction of sp³-hybridized carbons (Fsp3) is 0.200. The predicted octanol–water partition coefficient (Wildman–Crippen LogP) is 5.77. The van der Waals surface area contributed by atoms with Crippen molar-refractivity contribution in [2.45, 2.75) is 19.6 Å². The van der Waals surface area contributed by atoms with Crippen molar-refractivity contribution in [1.29, 1.82) is 0 Å². The third-order valence-corrected chi connectivity index (χ3v) is 3.27. The lowest BCUT2D eigenvalue weighted by Crippen LogP contribution is -2.08. The quantitative estimate of drug-likeness (QED) is 0.751. The number of anilines is 1. The van der Waals surface area contributed by atoms with Crippen molar-refractivity contribution < 1.29 is 13.5 Å². The van der Waals surface area contributed by atoms with E-state index in [4.69, 9.17) is 23.2 Å².